The van der Waals surface area contributed by atoms with Crippen molar-refractivity contribution in [1.82, 2.24) is 15.5 Å². The first-order valence-electron chi connectivity index (χ1n) is 10.5. The number of ketones is 1. The van der Waals surface area contributed by atoms with E-state index in [-0.39, 0.29) is 28.6 Å². The molecule has 34 heavy (non-hydrogen) atoms. The molecule has 3 aromatic rings. The van der Waals surface area contributed by atoms with E-state index < -0.39 is 23.5 Å². The van der Waals surface area contributed by atoms with Gasteiger partial charge in [0.25, 0.3) is 11.7 Å². The Balaban J connectivity index is 1.99. The highest BCUT2D eigenvalue weighted by Gasteiger charge is 2.48. The molecule has 2 amide bonds. The first kappa shape index (κ1) is 22.8. The standard InChI is InChI=1S/C24H24N4O6/c1-11-9-16(27-34-11)28-20(14-7-6-8-15(10-14)33-5)18(22(30)24(28)32)21(29)17-12(2)19(23(31)25-4)26-13(17)3/h6-10,20,26,29H,1-5H3,(H,25,31)/b21-18+. The maximum absolute atomic E-state index is 13.3. The van der Waals surface area contributed by atoms with Crippen LogP contribution in [0.25, 0.3) is 5.76 Å². The lowest BCUT2D eigenvalue weighted by atomic mass is 9.94. The number of benzene rings is 1. The molecule has 3 N–H and O–H groups in total. The van der Waals surface area contributed by atoms with Crippen molar-refractivity contribution in [2.45, 2.75) is 26.8 Å². The lowest BCUT2D eigenvalue weighted by Crippen LogP contribution is -2.29. The molecule has 1 fully saturated rings. The largest absolute Gasteiger partial charge is 0.507 e. The lowest BCUT2D eigenvalue weighted by Gasteiger charge is -2.23. The van der Waals surface area contributed by atoms with E-state index in [1.165, 1.54) is 25.1 Å². The number of hydrogen-bond acceptors (Lipinski definition) is 7. The number of aromatic nitrogens is 2. The number of aromatic amines is 1. The van der Waals surface area contributed by atoms with Crippen LogP contribution in [0.4, 0.5) is 5.82 Å². The zero-order valence-corrected chi connectivity index (χ0v) is 19.3. The molecule has 0 bridgehead atoms. The van der Waals surface area contributed by atoms with Crippen molar-refractivity contribution in [2.24, 2.45) is 0 Å². The number of carbonyl (C=O) groups excluding carboxylic acids is 3. The van der Waals surface area contributed by atoms with Gasteiger partial charge >= 0.3 is 5.91 Å². The van der Waals surface area contributed by atoms with Crippen LogP contribution in [0.1, 0.15) is 44.7 Å². The Kier molecular flexibility index (Phi) is 5.74. The molecule has 1 saturated heterocycles. The minimum absolute atomic E-state index is 0.132. The number of ether oxygens (including phenoxy) is 1. The summed E-state index contributed by atoms with van der Waals surface area (Å²) in [4.78, 5) is 42.8. The van der Waals surface area contributed by atoms with E-state index in [4.69, 9.17) is 9.26 Å². The van der Waals surface area contributed by atoms with Crippen molar-refractivity contribution in [2.75, 3.05) is 19.1 Å². The number of carbonyl (C=O) groups is 3. The molecule has 176 valence electrons. The number of amides is 2. The molecule has 3 heterocycles. The third-order valence-electron chi connectivity index (χ3n) is 5.84. The second kappa shape index (κ2) is 8.54. The fourth-order valence-corrected chi connectivity index (χ4v) is 4.25. The van der Waals surface area contributed by atoms with Gasteiger partial charge in [-0.05, 0) is 44.0 Å². The first-order valence-corrected chi connectivity index (χ1v) is 10.5. The Morgan fingerprint density at radius 3 is 2.59 bits per heavy atom. The highest BCUT2D eigenvalue weighted by atomic mass is 16.5. The number of aliphatic hydroxyl groups is 1. The van der Waals surface area contributed by atoms with Crippen LogP contribution in [0, 0.1) is 20.8 Å². The minimum atomic E-state index is -1.00. The average molecular weight is 464 g/mol. The first-order chi connectivity index (χ1) is 16.2. The molecule has 1 atom stereocenters. The van der Waals surface area contributed by atoms with E-state index in [9.17, 15) is 19.5 Å². The van der Waals surface area contributed by atoms with E-state index in [1.54, 1.807) is 45.0 Å². The third kappa shape index (κ3) is 3.53. The number of nitrogens with one attached hydrogen (secondary N) is 2. The summed E-state index contributed by atoms with van der Waals surface area (Å²) >= 11 is 0. The summed E-state index contributed by atoms with van der Waals surface area (Å²) in [7, 11) is 3.00. The average Bonchev–Trinajstić information content (AvgIpc) is 3.46. The smallest absolute Gasteiger partial charge is 0.301 e. The maximum atomic E-state index is 13.3. The van der Waals surface area contributed by atoms with Gasteiger partial charge in [-0.15, -0.1) is 0 Å². The number of Topliss-reactive ketones (excluding diaryl/α,β-unsaturated/α-hetero) is 1. The molecule has 1 aromatic carbocycles. The number of methoxy groups -OCH3 is 1. The highest BCUT2D eigenvalue weighted by Crippen LogP contribution is 2.43. The summed E-state index contributed by atoms with van der Waals surface area (Å²) < 4.78 is 10.5. The van der Waals surface area contributed by atoms with E-state index in [1.807, 2.05) is 0 Å². The van der Waals surface area contributed by atoms with Crippen LogP contribution >= 0.6 is 0 Å². The van der Waals surface area contributed by atoms with Gasteiger partial charge in [-0.25, -0.2) is 0 Å². The number of aryl methyl sites for hydroxylation is 2. The molecule has 1 unspecified atom stereocenters. The number of nitrogens with zero attached hydrogens (tertiary/aromatic N) is 2. The maximum Gasteiger partial charge on any atom is 0.301 e. The quantitative estimate of drug-likeness (QED) is 0.300. The van der Waals surface area contributed by atoms with Crippen LogP contribution in [0.2, 0.25) is 0 Å². The monoisotopic (exact) mass is 464 g/mol. The van der Waals surface area contributed by atoms with E-state index in [0.717, 1.165) is 0 Å². The van der Waals surface area contributed by atoms with Crippen LogP contribution in [0.5, 0.6) is 5.75 Å². The number of H-pyrrole nitrogens is 1. The molecule has 1 aliphatic heterocycles. The van der Waals surface area contributed by atoms with Crippen LogP contribution in [0.15, 0.2) is 40.4 Å². The molecular formula is C24H24N4O6. The van der Waals surface area contributed by atoms with E-state index >= 15 is 0 Å². The van der Waals surface area contributed by atoms with Gasteiger partial charge in [-0.1, -0.05) is 17.3 Å². The molecule has 0 saturated carbocycles. The number of anilines is 1. The van der Waals surface area contributed by atoms with Crippen LogP contribution in [-0.2, 0) is 9.59 Å². The predicted octanol–water partition coefficient (Wildman–Crippen LogP) is 2.92. The number of hydrogen-bond donors (Lipinski definition) is 3. The zero-order valence-electron chi connectivity index (χ0n) is 19.3. The van der Waals surface area contributed by atoms with Gasteiger partial charge in [0, 0.05) is 24.4 Å². The van der Waals surface area contributed by atoms with Crippen molar-refractivity contribution < 1.29 is 28.8 Å². The Morgan fingerprint density at radius 1 is 1.24 bits per heavy atom. The second-order valence-electron chi connectivity index (χ2n) is 7.95. The van der Waals surface area contributed by atoms with Gasteiger partial charge in [-0.2, -0.15) is 0 Å². The molecular weight excluding hydrogens is 440 g/mol. The molecule has 2 aromatic heterocycles. The van der Waals surface area contributed by atoms with Gasteiger partial charge in [0.15, 0.2) is 5.82 Å². The second-order valence-corrected chi connectivity index (χ2v) is 7.95. The molecule has 4 rings (SSSR count). The summed E-state index contributed by atoms with van der Waals surface area (Å²) in [5.74, 6) is -1.41. The van der Waals surface area contributed by atoms with Gasteiger partial charge < -0.3 is 24.7 Å². The summed E-state index contributed by atoms with van der Waals surface area (Å²) in [6, 6.07) is 7.38. The fraction of sp³-hybridized carbons (Fsp3) is 0.250. The summed E-state index contributed by atoms with van der Waals surface area (Å²) in [5, 5.41) is 17.9. The third-order valence-corrected chi connectivity index (χ3v) is 5.84. The van der Waals surface area contributed by atoms with Crippen molar-refractivity contribution in [3.63, 3.8) is 0 Å². The predicted molar refractivity (Wildman–Crippen MR) is 123 cm³/mol. The Bertz CT molecular complexity index is 1350. The molecule has 0 aliphatic carbocycles. The van der Waals surface area contributed by atoms with E-state index in [2.05, 4.69) is 15.5 Å². The van der Waals surface area contributed by atoms with Gasteiger partial charge in [0.2, 0.25) is 0 Å². The number of rotatable bonds is 5. The Hall–Kier alpha value is -4.34. The summed E-state index contributed by atoms with van der Waals surface area (Å²) in [5.41, 5.74) is 1.84. The van der Waals surface area contributed by atoms with Gasteiger partial charge in [0.05, 0.1) is 18.7 Å². The molecule has 1 aliphatic rings. The topological polar surface area (TPSA) is 138 Å². The SMILES string of the molecule is CNC(=O)c1[nH]c(C)c(/C(O)=C2\C(=O)C(=O)N(c3cc(C)on3)C2c2cccc(OC)c2)c1C. The molecule has 0 radical (unpaired) electrons. The number of aliphatic hydroxyl groups excluding tert-OH is 1. The lowest BCUT2D eigenvalue weighted by molar-refractivity contribution is -0.132. The van der Waals surface area contributed by atoms with Gasteiger partial charge in [0.1, 0.15) is 23.0 Å². The molecule has 10 heteroatoms. The normalized spacial score (nSPS) is 17.3. The van der Waals surface area contributed by atoms with Crippen LogP contribution in [-0.4, -0.2) is 47.0 Å². The Labute approximate surface area is 195 Å². The van der Waals surface area contributed by atoms with Crippen molar-refractivity contribution in [3.05, 3.63) is 69.7 Å². The summed E-state index contributed by atoms with van der Waals surface area (Å²) in [6.07, 6.45) is 0. The molecule has 10 nitrogen and oxygen atoms in total. The van der Waals surface area contributed by atoms with Crippen molar-refractivity contribution in [3.8, 4) is 5.75 Å². The minimum Gasteiger partial charge on any atom is -0.507 e. The Morgan fingerprint density at radius 2 is 1.97 bits per heavy atom. The van der Waals surface area contributed by atoms with Gasteiger partial charge in [-0.3, -0.25) is 19.3 Å². The van der Waals surface area contributed by atoms with Crippen molar-refractivity contribution in [1.29, 1.82) is 0 Å². The van der Waals surface area contributed by atoms with Crippen molar-refractivity contribution >= 4 is 29.2 Å². The zero-order chi connectivity index (χ0) is 24.7. The fourth-order valence-electron chi connectivity index (χ4n) is 4.25. The summed E-state index contributed by atoms with van der Waals surface area (Å²) in [6.45, 7) is 4.99. The highest BCUT2D eigenvalue weighted by molar-refractivity contribution is 6.51. The van der Waals surface area contributed by atoms with Crippen LogP contribution < -0.4 is 15.0 Å². The van der Waals surface area contributed by atoms with E-state index in [0.29, 0.717) is 28.3 Å². The van der Waals surface area contributed by atoms with Crippen LogP contribution in [0.3, 0.4) is 0 Å². The molecule has 0 spiro atoms.